The van der Waals surface area contributed by atoms with Gasteiger partial charge in [-0.15, -0.1) is 0 Å². The first kappa shape index (κ1) is 22.4. The summed E-state index contributed by atoms with van der Waals surface area (Å²) in [4.78, 5) is 25.5. The molecular weight excluding hydrogens is 435 g/mol. The van der Waals surface area contributed by atoms with Crippen molar-refractivity contribution in [2.45, 2.75) is 12.8 Å². The molecule has 3 heterocycles. The number of aromatic nitrogens is 2. The average Bonchev–Trinajstić information content (AvgIpc) is 2.84. The number of carbonyl (C=O) groups excluding carboxylic acids is 1. The SMILES string of the molecule is CN(c1ccc(F)cc1)S(=O)(=O)N1CCCC(C(=O)N2CCN(c3ncccn3)CC2)C1. The molecule has 9 nitrogen and oxygen atoms in total. The number of hydrogen-bond acceptors (Lipinski definition) is 6. The third kappa shape index (κ3) is 4.68. The molecule has 0 radical (unpaired) electrons. The minimum absolute atomic E-state index is 0.0111. The Hall–Kier alpha value is -2.79. The van der Waals surface area contributed by atoms with Crippen LogP contribution in [0.2, 0.25) is 0 Å². The van der Waals surface area contributed by atoms with Gasteiger partial charge in [-0.1, -0.05) is 0 Å². The number of carbonyl (C=O) groups is 1. The van der Waals surface area contributed by atoms with E-state index in [-0.39, 0.29) is 18.4 Å². The van der Waals surface area contributed by atoms with Gasteiger partial charge in [-0.25, -0.2) is 14.4 Å². The summed E-state index contributed by atoms with van der Waals surface area (Å²) < 4.78 is 42.0. The molecule has 0 spiro atoms. The summed E-state index contributed by atoms with van der Waals surface area (Å²) in [5, 5.41) is 0. The van der Waals surface area contributed by atoms with Crippen molar-refractivity contribution in [3.8, 4) is 0 Å². The second-order valence-electron chi connectivity index (χ2n) is 8.01. The molecule has 1 amide bonds. The average molecular weight is 463 g/mol. The van der Waals surface area contributed by atoms with Gasteiger partial charge in [0.2, 0.25) is 11.9 Å². The van der Waals surface area contributed by atoms with Crippen LogP contribution in [-0.4, -0.2) is 79.8 Å². The number of anilines is 2. The summed E-state index contributed by atoms with van der Waals surface area (Å²) in [7, 11) is -2.38. The van der Waals surface area contributed by atoms with Gasteiger partial charge in [-0.2, -0.15) is 12.7 Å². The molecule has 172 valence electrons. The number of hydrogen-bond donors (Lipinski definition) is 0. The van der Waals surface area contributed by atoms with Crippen LogP contribution in [0, 0.1) is 11.7 Å². The molecule has 0 N–H and O–H groups in total. The molecule has 0 bridgehead atoms. The zero-order chi connectivity index (χ0) is 22.7. The zero-order valence-corrected chi connectivity index (χ0v) is 18.8. The van der Waals surface area contributed by atoms with E-state index >= 15 is 0 Å². The van der Waals surface area contributed by atoms with Gasteiger partial charge < -0.3 is 9.80 Å². The Morgan fingerprint density at radius 1 is 1.06 bits per heavy atom. The van der Waals surface area contributed by atoms with Crippen molar-refractivity contribution in [1.82, 2.24) is 19.2 Å². The van der Waals surface area contributed by atoms with Crippen LogP contribution in [0.25, 0.3) is 0 Å². The van der Waals surface area contributed by atoms with E-state index in [0.717, 1.165) is 4.31 Å². The summed E-state index contributed by atoms with van der Waals surface area (Å²) in [5.74, 6) is -0.164. The fourth-order valence-electron chi connectivity index (χ4n) is 4.15. The number of halogens is 1. The first-order valence-electron chi connectivity index (χ1n) is 10.7. The van der Waals surface area contributed by atoms with Gasteiger partial charge in [0.1, 0.15) is 5.82 Å². The fraction of sp³-hybridized carbons (Fsp3) is 0.476. The quantitative estimate of drug-likeness (QED) is 0.667. The van der Waals surface area contributed by atoms with Crippen LogP contribution in [0.3, 0.4) is 0 Å². The van der Waals surface area contributed by atoms with Gasteiger partial charge in [0.15, 0.2) is 0 Å². The molecule has 32 heavy (non-hydrogen) atoms. The Labute approximate surface area is 187 Å². The topological polar surface area (TPSA) is 90.0 Å². The van der Waals surface area contributed by atoms with E-state index in [2.05, 4.69) is 9.97 Å². The molecule has 4 rings (SSSR count). The molecular formula is C21H27FN6O3S. The maximum absolute atomic E-state index is 13.2. The van der Waals surface area contributed by atoms with Gasteiger partial charge in [-0.3, -0.25) is 9.10 Å². The standard InChI is InChI=1S/C21H27FN6O3S/c1-25(19-7-5-18(22)6-8-19)32(30,31)28-11-2-4-17(16-28)20(29)26-12-14-27(15-13-26)21-23-9-3-10-24-21/h3,5-10,17H,2,4,11-16H2,1H3. The smallest absolute Gasteiger partial charge is 0.303 e. The highest BCUT2D eigenvalue weighted by Gasteiger charge is 2.37. The van der Waals surface area contributed by atoms with Gasteiger partial charge >= 0.3 is 10.2 Å². The Morgan fingerprint density at radius 2 is 1.72 bits per heavy atom. The van der Waals surface area contributed by atoms with Crippen LogP contribution < -0.4 is 9.21 Å². The second-order valence-corrected chi connectivity index (χ2v) is 9.97. The zero-order valence-electron chi connectivity index (χ0n) is 18.0. The first-order chi connectivity index (χ1) is 15.4. The number of benzene rings is 1. The fourth-order valence-corrected chi connectivity index (χ4v) is 5.61. The number of amides is 1. The highest BCUT2D eigenvalue weighted by atomic mass is 32.2. The van der Waals surface area contributed by atoms with Crippen molar-refractivity contribution in [3.63, 3.8) is 0 Å². The minimum Gasteiger partial charge on any atom is -0.339 e. The number of rotatable bonds is 5. The molecule has 2 aromatic rings. The van der Waals surface area contributed by atoms with Crippen LogP contribution in [0.15, 0.2) is 42.7 Å². The lowest BCUT2D eigenvalue weighted by atomic mass is 9.98. The number of nitrogens with zero attached hydrogens (tertiary/aromatic N) is 6. The van der Waals surface area contributed by atoms with Crippen LogP contribution in [0.1, 0.15) is 12.8 Å². The van der Waals surface area contributed by atoms with E-state index in [4.69, 9.17) is 0 Å². The largest absolute Gasteiger partial charge is 0.339 e. The van der Waals surface area contributed by atoms with Crippen molar-refractivity contribution in [2.24, 2.45) is 5.92 Å². The molecule has 0 aliphatic carbocycles. The summed E-state index contributed by atoms with van der Waals surface area (Å²) in [6.45, 7) is 2.88. The molecule has 1 aromatic heterocycles. The molecule has 2 saturated heterocycles. The third-order valence-corrected chi connectivity index (χ3v) is 7.91. The monoisotopic (exact) mass is 462 g/mol. The predicted octanol–water partition coefficient (Wildman–Crippen LogP) is 1.36. The number of piperidine rings is 1. The molecule has 2 aliphatic rings. The summed E-state index contributed by atoms with van der Waals surface area (Å²) >= 11 is 0. The lowest BCUT2D eigenvalue weighted by Gasteiger charge is -2.39. The van der Waals surface area contributed by atoms with E-state index in [1.54, 1.807) is 18.5 Å². The summed E-state index contributed by atoms with van der Waals surface area (Å²) in [5.41, 5.74) is 0.374. The summed E-state index contributed by atoms with van der Waals surface area (Å²) in [6, 6.07) is 7.07. The Kier molecular flexibility index (Phi) is 6.56. The van der Waals surface area contributed by atoms with Gasteiger partial charge in [0.25, 0.3) is 0 Å². The highest BCUT2D eigenvalue weighted by Crippen LogP contribution is 2.26. The first-order valence-corrected chi connectivity index (χ1v) is 12.1. The second kappa shape index (κ2) is 9.37. The van der Waals surface area contributed by atoms with Gasteiger partial charge in [0, 0.05) is 58.7 Å². The maximum Gasteiger partial charge on any atom is 0.303 e. The van der Waals surface area contributed by atoms with E-state index in [1.807, 2.05) is 9.80 Å². The van der Waals surface area contributed by atoms with E-state index < -0.39 is 16.0 Å². The Balaban J connectivity index is 1.38. The van der Waals surface area contributed by atoms with E-state index in [9.17, 15) is 17.6 Å². The lowest BCUT2D eigenvalue weighted by molar-refractivity contribution is -0.137. The lowest BCUT2D eigenvalue weighted by Crippen LogP contribution is -2.54. The predicted molar refractivity (Wildman–Crippen MR) is 119 cm³/mol. The van der Waals surface area contributed by atoms with Crippen LogP contribution in [-0.2, 0) is 15.0 Å². The Bertz CT molecular complexity index is 1030. The van der Waals surface area contributed by atoms with Crippen molar-refractivity contribution in [3.05, 3.63) is 48.5 Å². The Morgan fingerprint density at radius 3 is 2.38 bits per heavy atom. The molecule has 1 unspecified atom stereocenters. The van der Waals surface area contributed by atoms with E-state index in [1.165, 1.54) is 35.6 Å². The van der Waals surface area contributed by atoms with Crippen molar-refractivity contribution >= 4 is 27.8 Å². The van der Waals surface area contributed by atoms with Crippen LogP contribution in [0.4, 0.5) is 16.0 Å². The van der Waals surface area contributed by atoms with Crippen LogP contribution >= 0.6 is 0 Å². The normalized spacial score (nSPS) is 20.2. The van der Waals surface area contributed by atoms with Crippen molar-refractivity contribution in [1.29, 1.82) is 0 Å². The summed E-state index contributed by atoms with van der Waals surface area (Å²) in [6.07, 6.45) is 4.66. The molecule has 2 aliphatic heterocycles. The third-order valence-electron chi connectivity index (χ3n) is 6.02. The highest BCUT2D eigenvalue weighted by molar-refractivity contribution is 7.90. The molecule has 1 aromatic carbocycles. The van der Waals surface area contributed by atoms with E-state index in [0.29, 0.717) is 57.2 Å². The van der Waals surface area contributed by atoms with Crippen molar-refractivity contribution < 1.29 is 17.6 Å². The molecule has 1 atom stereocenters. The minimum atomic E-state index is -3.82. The molecule has 11 heteroatoms. The van der Waals surface area contributed by atoms with Gasteiger partial charge in [0.05, 0.1) is 11.6 Å². The van der Waals surface area contributed by atoms with Crippen molar-refractivity contribution in [2.75, 3.05) is 55.5 Å². The maximum atomic E-state index is 13.2. The van der Waals surface area contributed by atoms with Gasteiger partial charge in [-0.05, 0) is 43.2 Å². The van der Waals surface area contributed by atoms with Crippen LogP contribution in [0.5, 0.6) is 0 Å². The number of piperazine rings is 1. The molecule has 0 saturated carbocycles. The molecule has 2 fully saturated rings.